The molecule has 3 aliphatic rings. The van der Waals surface area contributed by atoms with E-state index in [9.17, 15) is 4.79 Å². The minimum absolute atomic E-state index is 0.147. The standard InChI is InChI=1S/C15H14N2O3S/c18-14-11(16-15(17-14)21-7-9-1-2-9)5-10-3-4-12-13(6-10)20-8-19-12/h3-6,9H,1-2,7-8H2,(H,16,17,18)/b11-5+. The molecule has 21 heavy (non-hydrogen) atoms. The minimum Gasteiger partial charge on any atom is -0.454 e. The number of thioether (sulfide) groups is 1. The van der Waals surface area contributed by atoms with E-state index in [0.717, 1.165) is 23.0 Å². The molecule has 1 N–H and O–H groups in total. The lowest BCUT2D eigenvalue weighted by Crippen LogP contribution is -2.21. The lowest BCUT2D eigenvalue weighted by atomic mass is 10.1. The molecule has 0 aromatic heterocycles. The molecule has 0 radical (unpaired) electrons. The Balaban J connectivity index is 1.52. The molecule has 1 fully saturated rings. The first-order valence-corrected chi connectivity index (χ1v) is 7.91. The zero-order chi connectivity index (χ0) is 14.2. The summed E-state index contributed by atoms with van der Waals surface area (Å²) in [7, 11) is 0. The summed E-state index contributed by atoms with van der Waals surface area (Å²) in [6.45, 7) is 0.246. The molecule has 1 saturated carbocycles. The Kier molecular flexibility index (Phi) is 3.11. The van der Waals surface area contributed by atoms with Crippen molar-refractivity contribution in [3.8, 4) is 11.5 Å². The van der Waals surface area contributed by atoms with Crippen LogP contribution in [-0.4, -0.2) is 23.6 Å². The third kappa shape index (κ3) is 2.76. The number of ether oxygens (including phenoxy) is 2. The number of nitrogens with zero attached hydrogens (tertiary/aromatic N) is 1. The zero-order valence-electron chi connectivity index (χ0n) is 11.3. The number of hydrogen-bond acceptors (Lipinski definition) is 5. The maximum atomic E-state index is 11.9. The molecule has 1 aromatic rings. The third-order valence-electron chi connectivity index (χ3n) is 3.53. The van der Waals surface area contributed by atoms with E-state index in [1.54, 1.807) is 17.8 Å². The van der Waals surface area contributed by atoms with Gasteiger partial charge >= 0.3 is 0 Å². The van der Waals surface area contributed by atoms with Gasteiger partial charge in [0.1, 0.15) is 5.70 Å². The number of fused-ring (bicyclic) bond motifs is 1. The number of amidine groups is 1. The summed E-state index contributed by atoms with van der Waals surface area (Å²) < 4.78 is 10.6. The monoisotopic (exact) mass is 302 g/mol. The molecule has 2 heterocycles. The molecular weight excluding hydrogens is 288 g/mol. The molecule has 0 spiro atoms. The first-order valence-electron chi connectivity index (χ1n) is 6.92. The fraction of sp³-hybridized carbons (Fsp3) is 0.333. The molecule has 6 heteroatoms. The van der Waals surface area contributed by atoms with Gasteiger partial charge in [-0.3, -0.25) is 10.1 Å². The average Bonchev–Trinajstić information content (AvgIpc) is 3.08. The molecule has 0 saturated heterocycles. The molecule has 108 valence electrons. The van der Waals surface area contributed by atoms with E-state index in [4.69, 9.17) is 9.47 Å². The largest absolute Gasteiger partial charge is 0.454 e. The summed E-state index contributed by atoms with van der Waals surface area (Å²) in [6, 6.07) is 5.58. The van der Waals surface area contributed by atoms with Crippen LogP contribution < -0.4 is 14.8 Å². The SMILES string of the molecule is O=C1NC(SCC2CC2)=N/C1=C/c1ccc2c(c1)OCO2. The van der Waals surface area contributed by atoms with Gasteiger partial charge in [0.25, 0.3) is 5.91 Å². The van der Waals surface area contributed by atoms with E-state index in [2.05, 4.69) is 10.3 Å². The normalized spacial score (nSPS) is 21.6. The van der Waals surface area contributed by atoms with Crippen molar-refractivity contribution < 1.29 is 14.3 Å². The molecule has 5 nitrogen and oxygen atoms in total. The molecule has 4 rings (SSSR count). The second-order valence-corrected chi connectivity index (χ2v) is 6.28. The van der Waals surface area contributed by atoms with Gasteiger partial charge in [0, 0.05) is 5.75 Å². The fourth-order valence-electron chi connectivity index (χ4n) is 2.16. The molecule has 2 aliphatic heterocycles. The van der Waals surface area contributed by atoms with E-state index >= 15 is 0 Å². The predicted octanol–water partition coefficient (Wildman–Crippen LogP) is 2.39. The van der Waals surface area contributed by atoms with Crippen LogP contribution in [0.1, 0.15) is 18.4 Å². The number of benzene rings is 1. The summed E-state index contributed by atoms with van der Waals surface area (Å²) in [5, 5.41) is 3.52. The molecule has 0 unspecified atom stereocenters. The van der Waals surface area contributed by atoms with Crippen molar-refractivity contribution in [1.29, 1.82) is 0 Å². The van der Waals surface area contributed by atoms with Gasteiger partial charge < -0.3 is 9.47 Å². The molecule has 0 bridgehead atoms. The van der Waals surface area contributed by atoms with Gasteiger partial charge in [-0.15, -0.1) is 0 Å². The number of nitrogens with one attached hydrogen (secondary N) is 1. The van der Waals surface area contributed by atoms with Crippen LogP contribution in [0.2, 0.25) is 0 Å². The third-order valence-corrected chi connectivity index (χ3v) is 4.63. The van der Waals surface area contributed by atoms with Crippen LogP contribution in [-0.2, 0) is 4.79 Å². The predicted molar refractivity (Wildman–Crippen MR) is 81.3 cm³/mol. The highest BCUT2D eigenvalue weighted by Crippen LogP contribution is 2.34. The summed E-state index contributed by atoms with van der Waals surface area (Å²) in [4.78, 5) is 16.3. The Labute approximate surface area is 126 Å². The van der Waals surface area contributed by atoms with Gasteiger partial charge in [0.2, 0.25) is 6.79 Å². The fourth-order valence-corrected chi connectivity index (χ4v) is 3.21. The molecule has 0 atom stereocenters. The lowest BCUT2D eigenvalue weighted by Gasteiger charge is -1.98. The zero-order valence-corrected chi connectivity index (χ0v) is 12.1. The van der Waals surface area contributed by atoms with Crippen molar-refractivity contribution in [3.63, 3.8) is 0 Å². The second kappa shape index (κ2) is 5.11. The Morgan fingerprint density at radius 1 is 1.33 bits per heavy atom. The van der Waals surface area contributed by atoms with Crippen LogP contribution in [0.15, 0.2) is 28.9 Å². The summed E-state index contributed by atoms with van der Waals surface area (Å²) >= 11 is 1.63. The smallest absolute Gasteiger partial charge is 0.275 e. The quantitative estimate of drug-likeness (QED) is 0.871. The molecule has 1 aliphatic carbocycles. The van der Waals surface area contributed by atoms with Crippen molar-refractivity contribution in [2.24, 2.45) is 10.9 Å². The van der Waals surface area contributed by atoms with Crippen LogP contribution in [0.5, 0.6) is 11.5 Å². The highest BCUT2D eigenvalue weighted by Gasteiger charge is 2.25. The van der Waals surface area contributed by atoms with Crippen LogP contribution in [0, 0.1) is 5.92 Å². The highest BCUT2D eigenvalue weighted by molar-refractivity contribution is 8.13. The van der Waals surface area contributed by atoms with Crippen LogP contribution in [0.4, 0.5) is 0 Å². The minimum atomic E-state index is -0.147. The Morgan fingerprint density at radius 3 is 3.05 bits per heavy atom. The Hall–Kier alpha value is -1.95. The van der Waals surface area contributed by atoms with Crippen molar-refractivity contribution in [3.05, 3.63) is 29.5 Å². The van der Waals surface area contributed by atoms with Gasteiger partial charge in [-0.05, 0) is 42.5 Å². The van der Waals surface area contributed by atoms with Gasteiger partial charge in [0.05, 0.1) is 0 Å². The Bertz CT molecular complexity index is 665. The number of hydrogen-bond donors (Lipinski definition) is 1. The molecule has 1 aromatic carbocycles. The van der Waals surface area contributed by atoms with Crippen molar-refractivity contribution in [1.82, 2.24) is 5.32 Å². The second-order valence-electron chi connectivity index (χ2n) is 5.27. The summed E-state index contributed by atoms with van der Waals surface area (Å²) in [5.41, 5.74) is 1.31. The van der Waals surface area contributed by atoms with Crippen LogP contribution in [0.25, 0.3) is 6.08 Å². The Morgan fingerprint density at radius 2 is 2.19 bits per heavy atom. The number of amides is 1. The first kappa shape index (κ1) is 12.8. The topological polar surface area (TPSA) is 59.9 Å². The van der Waals surface area contributed by atoms with E-state index in [-0.39, 0.29) is 12.7 Å². The number of rotatable bonds is 3. The molecule has 1 amide bonds. The van der Waals surface area contributed by atoms with Gasteiger partial charge in [-0.1, -0.05) is 17.8 Å². The van der Waals surface area contributed by atoms with Crippen molar-refractivity contribution in [2.45, 2.75) is 12.8 Å². The van der Waals surface area contributed by atoms with Crippen molar-refractivity contribution in [2.75, 3.05) is 12.5 Å². The van der Waals surface area contributed by atoms with E-state index < -0.39 is 0 Å². The van der Waals surface area contributed by atoms with Gasteiger partial charge in [-0.25, -0.2) is 4.99 Å². The average molecular weight is 302 g/mol. The number of carbonyl (C=O) groups excluding carboxylic acids is 1. The van der Waals surface area contributed by atoms with Crippen LogP contribution >= 0.6 is 11.8 Å². The highest BCUT2D eigenvalue weighted by atomic mass is 32.2. The lowest BCUT2D eigenvalue weighted by molar-refractivity contribution is -0.115. The summed E-state index contributed by atoms with van der Waals surface area (Å²) in [6.07, 6.45) is 4.37. The van der Waals surface area contributed by atoms with Gasteiger partial charge in [0.15, 0.2) is 16.7 Å². The summed E-state index contributed by atoms with van der Waals surface area (Å²) in [5.74, 6) is 3.13. The van der Waals surface area contributed by atoms with E-state index in [1.165, 1.54) is 12.8 Å². The number of carbonyl (C=O) groups is 1. The molecular formula is C15H14N2O3S. The van der Waals surface area contributed by atoms with E-state index in [0.29, 0.717) is 16.6 Å². The maximum absolute atomic E-state index is 11.9. The van der Waals surface area contributed by atoms with E-state index in [1.807, 2.05) is 18.2 Å². The first-order chi connectivity index (χ1) is 10.3. The van der Waals surface area contributed by atoms with Crippen LogP contribution in [0.3, 0.4) is 0 Å². The number of aliphatic imine (C=N–C) groups is 1. The maximum Gasteiger partial charge on any atom is 0.275 e. The van der Waals surface area contributed by atoms with Gasteiger partial charge in [-0.2, -0.15) is 0 Å². The van der Waals surface area contributed by atoms with Crippen molar-refractivity contribution >= 4 is 28.9 Å².